The number of amides is 1. The summed E-state index contributed by atoms with van der Waals surface area (Å²) in [6, 6.07) is 24.7. The number of benzene rings is 3. The Kier molecular flexibility index (Phi) is 8.24. The van der Waals surface area contributed by atoms with E-state index in [1.807, 2.05) is 42.5 Å². The number of aromatic amines is 1. The first kappa shape index (κ1) is 24.2. The van der Waals surface area contributed by atoms with Crippen LogP contribution >= 0.6 is 11.8 Å². The molecule has 8 nitrogen and oxygen atoms in total. The number of hydrogen-bond acceptors (Lipinski definition) is 7. The molecule has 3 aromatic carbocycles. The Morgan fingerprint density at radius 3 is 2.34 bits per heavy atom. The second-order valence-electron chi connectivity index (χ2n) is 8.00. The lowest BCUT2D eigenvalue weighted by atomic mass is 10.0. The molecular weight excluding hydrogens is 460 g/mol. The Bertz CT molecular complexity index is 1260. The number of thioether (sulfide) groups is 1. The molecule has 178 valence electrons. The second-order valence-corrected chi connectivity index (χ2v) is 8.94. The summed E-state index contributed by atoms with van der Waals surface area (Å²) < 4.78 is 5.76. The van der Waals surface area contributed by atoms with E-state index in [-0.39, 0.29) is 18.3 Å². The van der Waals surface area contributed by atoms with Gasteiger partial charge in [0.05, 0.1) is 17.1 Å². The average Bonchev–Trinajstić information content (AvgIpc) is 3.34. The van der Waals surface area contributed by atoms with E-state index < -0.39 is 0 Å². The molecule has 0 fully saturated rings. The molecule has 0 unspecified atom stereocenters. The third kappa shape index (κ3) is 7.51. The molecule has 2 N–H and O–H groups in total. The number of aromatic nitrogens is 3. The van der Waals surface area contributed by atoms with Crippen LogP contribution in [0.4, 0.5) is 17.1 Å². The highest BCUT2D eigenvalue weighted by Gasteiger charge is 2.09. The minimum Gasteiger partial charge on any atom is -0.486 e. The molecule has 1 aromatic heterocycles. The average molecular weight is 487 g/mol. The zero-order valence-electron chi connectivity index (χ0n) is 19.5. The van der Waals surface area contributed by atoms with Gasteiger partial charge in [-0.15, -0.1) is 5.10 Å². The van der Waals surface area contributed by atoms with E-state index in [1.54, 1.807) is 24.3 Å². The number of ether oxygens (including phenoxy) is 1. The van der Waals surface area contributed by atoms with Gasteiger partial charge >= 0.3 is 0 Å². The van der Waals surface area contributed by atoms with Crippen LogP contribution in [0.25, 0.3) is 0 Å². The fourth-order valence-electron chi connectivity index (χ4n) is 3.06. The van der Waals surface area contributed by atoms with Crippen molar-refractivity contribution in [2.75, 3.05) is 11.1 Å². The van der Waals surface area contributed by atoms with Crippen molar-refractivity contribution in [1.29, 1.82) is 0 Å². The molecule has 35 heavy (non-hydrogen) atoms. The van der Waals surface area contributed by atoms with E-state index in [0.717, 1.165) is 11.4 Å². The number of carbonyl (C=O) groups is 1. The summed E-state index contributed by atoms with van der Waals surface area (Å²) in [7, 11) is 0. The fourth-order valence-corrected chi connectivity index (χ4v) is 3.67. The van der Waals surface area contributed by atoms with Crippen LogP contribution in [0, 0.1) is 0 Å². The van der Waals surface area contributed by atoms with Gasteiger partial charge in [0.15, 0.2) is 5.82 Å². The molecule has 0 aliphatic carbocycles. The zero-order chi connectivity index (χ0) is 24.5. The summed E-state index contributed by atoms with van der Waals surface area (Å²) in [6.45, 7) is 4.58. The summed E-state index contributed by atoms with van der Waals surface area (Å²) in [6.07, 6.45) is 0. The first-order valence-electron chi connectivity index (χ1n) is 11.2. The van der Waals surface area contributed by atoms with Crippen LogP contribution in [0.5, 0.6) is 5.75 Å². The van der Waals surface area contributed by atoms with Gasteiger partial charge in [-0.3, -0.25) is 9.89 Å². The van der Waals surface area contributed by atoms with Gasteiger partial charge in [0.1, 0.15) is 12.4 Å². The molecule has 0 saturated carbocycles. The molecule has 4 rings (SSSR count). The molecule has 1 heterocycles. The van der Waals surface area contributed by atoms with Gasteiger partial charge in [-0.25, -0.2) is 4.98 Å². The van der Waals surface area contributed by atoms with E-state index >= 15 is 0 Å². The molecule has 1 amide bonds. The van der Waals surface area contributed by atoms with Crippen molar-refractivity contribution in [2.45, 2.75) is 31.5 Å². The second kappa shape index (κ2) is 11.9. The predicted octanol–water partition coefficient (Wildman–Crippen LogP) is 6.65. The quantitative estimate of drug-likeness (QED) is 0.193. The highest BCUT2D eigenvalue weighted by atomic mass is 32.2. The Morgan fingerprint density at radius 1 is 0.971 bits per heavy atom. The highest BCUT2D eigenvalue weighted by Crippen LogP contribution is 2.21. The molecule has 0 saturated heterocycles. The van der Waals surface area contributed by atoms with Crippen LogP contribution in [0.2, 0.25) is 0 Å². The van der Waals surface area contributed by atoms with Crippen LogP contribution in [-0.2, 0) is 11.4 Å². The number of anilines is 1. The maximum atomic E-state index is 12.3. The predicted molar refractivity (Wildman–Crippen MR) is 138 cm³/mol. The first-order valence-corrected chi connectivity index (χ1v) is 12.2. The monoisotopic (exact) mass is 486 g/mol. The van der Waals surface area contributed by atoms with Gasteiger partial charge in [0, 0.05) is 5.69 Å². The Hall–Kier alpha value is -3.98. The number of hydrogen-bond donors (Lipinski definition) is 2. The van der Waals surface area contributed by atoms with Crippen molar-refractivity contribution in [1.82, 2.24) is 15.2 Å². The van der Waals surface area contributed by atoms with Crippen molar-refractivity contribution in [2.24, 2.45) is 10.2 Å². The minimum absolute atomic E-state index is 0.151. The lowest BCUT2D eigenvalue weighted by Crippen LogP contribution is -2.13. The number of carbonyl (C=O) groups excluding carboxylic acids is 1. The molecule has 0 atom stereocenters. The fraction of sp³-hybridized carbons (Fsp3) is 0.192. The van der Waals surface area contributed by atoms with Crippen molar-refractivity contribution >= 4 is 34.7 Å². The zero-order valence-corrected chi connectivity index (χ0v) is 20.3. The Balaban J connectivity index is 1.21. The Labute approximate surface area is 208 Å². The lowest BCUT2D eigenvalue weighted by molar-refractivity contribution is -0.113. The van der Waals surface area contributed by atoms with E-state index in [0.29, 0.717) is 28.3 Å². The van der Waals surface area contributed by atoms with E-state index in [2.05, 4.69) is 56.7 Å². The van der Waals surface area contributed by atoms with Crippen LogP contribution < -0.4 is 10.1 Å². The number of rotatable bonds is 10. The molecule has 0 radical (unpaired) electrons. The highest BCUT2D eigenvalue weighted by molar-refractivity contribution is 7.99. The summed E-state index contributed by atoms with van der Waals surface area (Å²) in [5, 5.41) is 18.7. The first-order chi connectivity index (χ1) is 17.0. The van der Waals surface area contributed by atoms with Crippen molar-refractivity contribution in [3.8, 4) is 5.75 Å². The van der Waals surface area contributed by atoms with Crippen LogP contribution in [0.15, 0.2) is 94.2 Å². The SMILES string of the molecule is CC(C)c1ccc(OCc2nc(SCC(=O)Nc3ccc(N=Nc4ccccc4)cc3)n[nH]2)cc1. The number of H-pyrrole nitrogens is 1. The Morgan fingerprint density at radius 2 is 1.66 bits per heavy atom. The van der Waals surface area contributed by atoms with Crippen molar-refractivity contribution in [3.63, 3.8) is 0 Å². The van der Waals surface area contributed by atoms with Gasteiger partial charge in [-0.1, -0.05) is 55.9 Å². The van der Waals surface area contributed by atoms with Crippen LogP contribution in [0.1, 0.15) is 31.2 Å². The molecule has 0 aliphatic heterocycles. The van der Waals surface area contributed by atoms with Gasteiger partial charge in [-0.05, 0) is 60.0 Å². The molecule has 9 heteroatoms. The van der Waals surface area contributed by atoms with Gasteiger partial charge < -0.3 is 10.1 Å². The number of nitrogens with zero attached hydrogens (tertiary/aromatic N) is 4. The lowest BCUT2D eigenvalue weighted by Gasteiger charge is -2.07. The maximum absolute atomic E-state index is 12.3. The van der Waals surface area contributed by atoms with Crippen molar-refractivity contribution in [3.05, 3.63) is 90.3 Å². The number of azo groups is 1. The normalized spacial score (nSPS) is 11.2. The molecular formula is C26H26N6O2S. The largest absolute Gasteiger partial charge is 0.486 e. The molecule has 4 aromatic rings. The molecule has 0 bridgehead atoms. The molecule has 0 spiro atoms. The standard InChI is InChI=1S/C26H26N6O2S/c1-18(2)19-8-14-23(15-9-19)34-16-24-28-26(32-31-24)35-17-25(33)27-20-10-12-22(13-11-20)30-29-21-6-4-3-5-7-21/h3-15,18H,16-17H2,1-2H3,(H,27,33)(H,28,31,32). The topological polar surface area (TPSA) is 105 Å². The van der Waals surface area contributed by atoms with E-state index in [9.17, 15) is 4.79 Å². The minimum atomic E-state index is -0.151. The summed E-state index contributed by atoms with van der Waals surface area (Å²) in [5.41, 5.74) is 3.43. The maximum Gasteiger partial charge on any atom is 0.234 e. The van der Waals surface area contributed by atoms with E-state index in [4.69, 9.17) is 4.74 Å². The van der Waals surface area contributed by atoms with Gasteiger partial charge in [0.2, 0.25) is 11.1 Å². The van der Waals surface area contributed by atoms with Gasteiger partial charge in [0.25, 0.3) is 0 Å². The smallest absolute Gasteiger partial charge is 0.234 e. The van der Waals surface area contributed by atoms with Crippen LogP contribution in [0.3, 0.4) is 0 Å². The van der Waals surface area contributed by atoms with E-state index in [1.165, 1.54) is 17.3 Å². The van der Waals surface area contributed by atoms with Gasteiger partial charge in [-0.2, -0.15) is 10.2 Å². The van der Waals surface area contributed by atoms with Crippen LogP contribution in [-0.4, -0.2) is 26.8 Å². The summed E-state index contributed by atoms with van der Waals surface area (Å²) >= 11 is 1.25. The van der Waals surface area contributed by atoms with Crippen molar-refractivity contribution < 1.29 is 9.53 Å². The number of nitrogens with one attached hydrogen (secondary N) is 2. The third-order valence-electron chi connectivity index (χ3n) is 4.95. The summed E-state index contributed by atoms with van der Waals surface area (Å²) in [4.78, 5) is 16.7. The molecule has 0 aliphatic rings. The summed E-state index contributed by atoms with van der Waals surface area (Å²) in [5.74, 6) is 1.88. The third-order valence-corrected chi connectivity index (χ3v) is 5.80.